The monoisotopic (exact) mass is 420 g/mol. The number of fused-ring (bicyclic) bond motifs is 1. The number of aryl methyl sites for hydroxylation is 1. The number of aromatic nitrogens is 6. The summed E-state index contributed by atoms with van der Waals surface area (Å²) < 4.78 is 3.72. The molecule has 5 aromatic rings. The van der Waals surface area contributed by atoms with Gasteiger partial charge in [-0.2, -0.15) is 15.5 Å². The smallest absolute Gasteiger partial charge is 0.150 e. The van der Waals surface area contributed by atoms with Crippen LogP contribution in [-0.2, 0) is 13.0 Å². The van der Waals surface area contributed by atoms with Crippen LogP contribution in [-0.4, -0.2) is 29.4 Å². The maximum Gasteiger partial charge on any atom is 0.150 e. The van der Waals surface area contributed by atoms with Gasteiger partial charge in [-0.15, -0.1) is 0 Å². The molecule has 0 radical (unpaired) electrons. The van der Waals surface area contributed by atoms with E-state index < -0.39 is 0 Å². The zero-order chi connectivity index (χ0) is 22.1. The lowest BCUT2D eigenvalue weighted by Crippen LogP contribution is -2.08. The highest BCUT2D eigenvalue weighted by Crippen LogP contribution is 2.34. The highest BCUT2D eigenvalue weighted by atomic mass is 15.3. The summed E-state index contributed by atoms with van der Waals surface area (Å²) in [4.78, 5) is 9.16. The molecule has 2 N–H and O–H groups in total. The Morgan fingerprint density at radius 3 is 2.72 bits per heavy atom. The molecule has 0 bridgehead atoms. The first-order chi connectivity index (χ1) is 15.7. The van der Waals surface area contributed by atoms with E-state index >= 15 is 0 Å². The summed E-state index contributed by atoms with van der Waals surface area (Å²) >= 11 is 0. The fourth-order valence-corrected chi connectivity index (χ4v) is 3.84. The number of rotatable bonds is 5. The molecule has 0 fully saturated rings. The van der Waals surface area contributed by atoms with E-state index in [0.717, 1.165) is 33.9 Å². The van der Waals surface area contributed by atoms with Crippen LogP contribution < -0.4 is 5.73 Å². The molecule has 8 heteroatoms. The standard InChI is InChI=1S/C24H20N8/c1-2-31-20(9-11-28-31)23-22(17-7-5-6-16(12-17)15-25)29-24(26)21-14-19(30-32(21)23)13-18-8-3-4-10-27-18/h3-12,14H,2,13H2,1H3,(H2,26,29). The Kier molecular flexibility index (Phi) is 4.84. The predicted octanol–water partition coefficient (Wildman–Crippen LogP) is 3.72. The lowest BCUT2D eigenvalue weighted by atomic mass is 10.0. The Balaban J connectivity index is 1.78. The topological polar surface area (TPSA) is 111 Å². The van der Waals surface area contributed by atoms with Crippen LogP contribution in [0.15, 0.2) is 67.0 Å². The van der Waals surface area contributed by atoms with Gasteiger partial charge in [0.25, 0.3) is 0 Å². The van der Waals surface area contributed by atoms with Gasteiger partial charge in [-0.25, -0.2) is 9.50 Å². The number of nitrogens with zero attached hydrogens (tertiary/aromatic N) is 7. The number of anilines is 1. The van der Waals surface area contributed by atoms with Crippen LogP contribution >= 0.6 is 0 Å². The van der Waals surface area contributed by atoms with Gasteiger partial charge in [0, 0.05) is 36.6 Å². The van der Waals surface area contributed by atoms with Crippen molar-refractivity contribution in [3.05, 3.63) is 83.9 Å². The largest absolute Gasteiger partial charge is 0.382 e. The van der Waals surface area contributed by atoms with Gasteiger partial charge in [0.2, 0.25) is 0 Å². The van der Waals surface area contributed by atoms with E-state index in [1.54, 1.807) is 18.5 Å². The van der Waals surface area contributed by atoms with Crippen LogP contribution in [0.25, 0.3) is 28.2 Å². The van der Waals surface area contributed by atoms with E-state index in [1.165, 1.54) is 0 Å². The third-order valence-electron chi connectivity index (χ3n) is 5.30. The van der Waals surface area contributed by atoms with Crippen LogP contribution in [0.1, 0.15) is 23.9 Å². The highest BCUT2D eigenvalue weighted by Gasteiger charge is 2.21. The summed E-state index contributed by atoms with van der Waals surface area (Å²) in [5.41, 5.74) is 12.5. The second-order valence-electron chi connectivity index (χ2n) is 7.35. The summed E-state index contributed by atoms with van der Waals surface area (Å²) in [6.07, 6.45) is 4.11. The molecule has 0 aliphatic rings. The molecule has 0 atom stereocenters. The molecule has 156 valence electrons. The van der Waals surface area contributed by atoms with Gasteiger partial charge >= 0.3 is 0 Å². The number of hydrogen-bond acceptors (Lipinski definition) is 6. The summed E-state index contributed by atoms with van der Waals surface area (Å²) in [6, 6.07) is 19.2. The average Bonchev–Trinajstić information content (AvgIpc) is 3.47. The number of nitriles is 1. The fourth-order valence-electron chi connectivity index (χ4n) is 3.84. The van der Waals surface area contributed by atoms with Crippen LogP contribution in [0.5, 0.6) is 0 Å². The van der Waals surface area contributed by atoms with Crippen molar-refractivity contribution < 1.29 is 0 Å². The van der Waals surface area contributed by atoms with Gasteiger partial charge < -0.3 is 5.73 Å². The van der Waals surface area contributed by atoms with E-state index in [0.29, 0.717) is 30.0 Å². The van der Waals surface area contributed by atoms with Crippen molar-refractivity contribution in [1.29, 1.82) is 5.26 Å². The molecule has 0 amide bonds. The lowest BCUT2D eigenvalue weighted by molar-refractivity contribution is 0.663. The third-order valence-corrected chi connectivity index (χ3v) is 5.30. The predicted molar refractivity (Wildman–Crippen MR) is 121 cm³/mol. The summed E-state index contributed by atoms with van der Waals surface area (Å²) in [7, 11) is 0. The molecule has 0 saturated heterocycles. The van der Waals surface area contributed by atoms with E-state index in [4.69, 9.17) is 15.8 Å². The van der Waals surface area contributed by atoms with Crippen LogP contribution in [0.4, 0.5) is 5.82 Å². The Hall–Kier alpha value is -4.51. The molecule has 0 saturated carbocycles. The van der Waals surface area contributed by atoms with Crippen molar-refractivity contribution in [1.82, 2.24) is 29.4 Å². The van der Waals surface area contributed by atoms with Gasteiger partial charge in [-0.05, 0) is 43.3 Å². The number of pyridine rings is 1. The Morgan fingerprint density at radius 1 is 1.03 bits per heavy atom. The van der Waals surface area contributed by atoms with Crippen molar-refractivity contribution in [2.24, 2.45) is 0 Å². The fraction of sp³-hybridized carbons (Fsp3) is 0.125. The number of nitrogens with two attached hydrogens (primary N) is 1. The van der Waals surface area contributed by atoms with Crippen LogP contribution in [0, 0.1) is 11.3 Å². The van der Waals surface area contributed by atoms with E-state index in [2.05, 4.69) is 16.2 Å². The zero-order valence-electron chi connectivity index (χ0n) is 17.5. The van der Waals surface area contributed by atoms with Crippen molar-refractivity contribution in [2.45, 2.75) is 19.9 Å². The molecule has 4 heterocycles. The second kappa shape index (κ2) is 7.96. The minimum Gasteiger partial charge on any atom is -0.382 e. The minimum absolute atomic E-state index is 0.369. The number of benzene rings is 1. The first kappa shape index (κ1) is 19.5. The maximum atomic E-state index is 9.38. The average molecular weight is 420 g/mol. The molecule has 1 aromatic carbocycles. The van der Waals surface area contributed by atoms with Crippen LogP contribution in [0.3, 0.4) is 0 Å². The molecule has 0 spiro atoms. The number of hydrogen-bond donors (Lipinski definition) is 1. The molecule has 32 heavy (non-hydrogen) atoms. The Labute approximate surface area is 184 Å². The Bertz CT molecular complexity index is 1460. The summed E-state index contributed by atoms with van der Waals surface area (Å²) in [5, 5.41) is 18.7. The van der Waals surface area contributed by atoms with E-state index in [-0.39, 0.29) is 0 Å². The van der Waals surface area contributed by atoms with Crippen molar-refractivity contribution in [3.63, 3.8) is 0 Å². The van der Waals surface area contributed by atoms with Crippen molar-refractivity contribution in [2.75, 3.05) is 5.73 Å². The molecule has 8 nitrogen and oxygen atoms in total. The molecule has 4 aromatic heterocycles. The van der Waals surface area contributed by atoms with Crippen molar-refractivity contribution >= 4 is 11.3 Å². The van der Waals surface area contributed by atoms with Gasteiger partial charge in [0.1, 0.15) is 22.7 Å². The van der Waals surface area contributed by atoms with Gasteiger partial charge in [-0.1, -0.05) is 18.2 Å². The van der Waals surface area contributed by atoms with E-state index in [9.17, 15) is 5.26 Å². The molecule has 0 aliphatic carbocycles. The molecular formula is C24H20N8. The second-order valence-corrected chi connectivity index (χ2v) is 7.35. The van der Waals surface area contributed by atoms with Gasteiger partial charge in [0.15, 0.2) is 0 Å². The molecule has 0 aliphatic heterocycles. The molecule has 5 rings (SSSR count). The normalized spacial score (nSPS) is 11.0. The van der Waals surface area contributed by atoms with Gasteiger partial charge in [-0.3, -0.25) is 9.67 Å². The Morgan fingerprint density at radius 2 is 1.94 bits per heavy atom. The first-order valence-corrected chi connectivity index (χ1v) is 10.3. The van der Waals surface area contributed by atoms with Gasteiger partial charge in [0.05, 0.1) is 23.0 Å². The van der Waals surface area contributed by atoms with E-state index in [1.807, 2.05) is 64.7 Å². The highest BCUT2D eigenvalue weighted by molar-refractivity contribution is 5.83. The molecule has 0 unspecified atom stereocenters. The number of nitrogen functional groups attached to an aromatic ring is 1. The third kappa shape index (κ3) is 3.36. The maximum absolute atomic E-state index is 9.38. The van der Waals surface area contributed by atoms with Crippen molar-refractivity contribution in [3.8, 4) is 28.7 Å². The zero-order valence-corrected chi connectivity index (χ0v) is 17.5. The minimum atomic E-state index is 0.369. The molecular weight excluding hydrogens is 400 g/mol. The SMILES string of the molecule is CCn1nccc1-c1c(-c2cccc(C#N)c2)nc(N)c2cc(Cc3ccccn3)nn12. The van der Waals surface area contributed by atoms with Crippen LogP contribution in [0.2, 0.25) is 0 Å². The summed E-state index contributed by atoms with van der Waals surface area (Å²) in [5.74, 6) is 0.369. The summed E-state index contributed by atoms with van der Waals surface area (Å²) in [6.45, 7) is 2.72. The lowest BCUT2D eigenvalue weighted by Gasteiger charge is -2.14. The quantitative estimate of drug-likeness (QED) is 0.464. The first-order valence-electron chi connectivity index (χ1n) is 10.3.